The average Bonchev–Trinajstić information content (AvgIpc) is 2.72. The zero-order valence-electron chi connectivity index (χ0n) is 11.1. The van der Waals surface area contributed by atoms with Crippen LogP contribution in [0.1, 0.15) is 46.4 Å². The van der Waals surface area contributed by atoms with Crippen LogP contribution in [-0.2, 0) is 5.41 Å². The quantitative estimate of drug-likeness (QED) is 0.632. The van der Waals surface area contributed by atoms with Gasteiger partial charge in [-0.3, -0.25) is 0 Å². The van der Waals surface area contributed by atoms with E-state index in [0.717, 1.165) is 36.2 Å². The van der Waals surface area contributed by atoms with Gasteiger partial charge in [-0.25, -0.2) is 4.98 Å². The van der Waals surface area contributed by atoms with Gasteiger partial charge < -0.3 is 5.32 Å². The summed E-state index contributed by atoms with van der Waals surface area (Å²) in [6, 6.07) is 0. The minimum absolute atomic E-state index is 0.0313. The van der Waals surface area contributed by atoms with E-state index in [1.54, 1.807) is 0 Å². The fourth-order valence-corrected chi connectivity index (χ4v) is 2.26. The molecular formula is C12H22ClN3S. The SMILES string of the molecule is CC(CCl)CCCNc1nc(C(C)(C)C)ns1. The van der Waals surface area contributed by atoms with Crippen molar-refractivity contribution in [2.45, 2.75) is 46.0 Å². The second-order valence-corrected chi connectivity index (χ2v) is 6.56. The van der Waals surface area contributed by atoms with E-state index in [4.69, 9.17) is 11.6 Å². The molecule has 1 heterocycles. The van der Waals surface area contributed by atoms with Crippen molar-refractivity contribution in [2.24, 2.45) is 5.92 Å². The molecule has 98 valence electrons. The Morgan fingerprint density at radius 3 is 2.65 bits per heavy atom. The van der Waals surface area contributed by atoms with Crippen molar-refractivity contribution in [2.75, 3.05) is 17.7 Å². The highest BCUT2D eigenvalue weighted by Gasteiger charge is 2.19. The molecule has 3 nitrogen and oxygen atoms in total. The second-order valence-electron chi connectivity index (χ2n) is 5.50. The molecule has 0 fully saturated rings. The zero-order valence-corrected chi connectivity index (χ0v) is 12.7. The number of hydrogen-bond acceptors (Lipinski definition) is 4. The molecule has 1 aromatic rings. The van der Waals surface area contributed by atoms with Gasteiger partial charge in [-0.1, -0.05) is 27.7 Å². The molecule has 0 saturated heterocycles. The van der Waals surface area contributed by atoms with Crippen molar-refractivity contribution in [3.63, 3.8) is 0 Å². The molecule has 1 unspecified atom stereocenters. The van der Waals surface area contributed by atoms with E-state index in [9.17, 15) is 0 Å². The van der Waals surface area contributed by atoms with Gasteiger partial charge in [0.2, 0.25) is 5.13 Å². The number of hydrogen-bond donors (Lipinski definition) is 1. The average molecular weight is 276 g/mol. The molecule has 0 aliphatic rings. The van der Waals surface area contributed by atoms with Crippen molar-refractivity contribution >= 4 is 28.3 Å². The first-order valence-electron chi connectivity index (χ1n) is 6.07. The van der Waals surface area contributed by atoms with Gasteiger partial charge in [-0.2, -0.15) is 4.37 Å². The molecule has 1 N–H and O–H groups in total. The van der Waals surface area contributed by atoms with Crippen molar-refractivity contribution in [1.82, 2.24) is 9.36 Å². The summed E-state index contributed by atoms with van der Waals surface area (Å²) in [6.45, 7) is 9.50. The molecular weight excluding hydrogens is 254 g/mol. The Labute approximate surface area is 113 Å². The van der Waals surface area contributed by atoms with Crippen LogP contribution in [-0.4, -0.2) is 21.8 Å². The van der Waals surface area contributed by atoms with E-state index in [-0.39, 0.29) is 5.41 Å². The molecule has 0 amide bonds. The maximum Gasteiger partial charge on any atom is 0.202 e. The molecule has 1 aromatic heterocycles. The standard InChI is InChI=1S/C12H22ClN3S/c1-9(8-13)6-5-7-14-11-15-10(16-17-11)12(2,3)4/h9H,5-8H2,1-4H3,(H,14,15,16). The molecule has 0 bridgehead atoms. The van der Waals surface area contributed by atoms with Crippen LogP contribution in [0.25, 0.3) is 0 Å². The van der Waals surface area contributed by atoms with E-state index in [2.05, 4.69) is 42.4 Å². The highest BCUT2D eigenvalue weighted by molar-refractivity contribution is 7.09. The van der Waals surface area contributed by atoms with Gasteiger partial charge in [-0.15, -0.1) is 11.6 Å². The van der Waals surface area contributed by atoms with Crippen LogP contribution < -0.4 is 5.32 Å². The summed E-state index contributed by atoms with van der Waals surface area (Å²) >= 11 is 7.20. The monoisotopic (exact) mass is 275 g/mol. The first kappa shape index (κ1) is 14.7. The third-order valence-corrected chi connectivity index (χ3v) is 3.71. The number of anilines is 1. The Balaban J connectivity index is 2.31. The number of nitrogens with one attached hydrogen (secondary N) is 1. The smallest absolute Gasteiger partial charge is 0.202 e. The third-order valence-electron chi connectivity index (χ3n) is 2.51. The third kappa shape index (κ3) is 5.21. The number of halogens is 1. The number of nitrogens with zero attached hydrogens (tertiary/aromatic N) is 2. The van der Waals surface area contributed by atoms with Crippen LogP contribution in [0.4, 0.5) is 5.13 Å². The fourth-order valence-electron chi connectivity index (χ4n) is 1.32. The van der Waals surface area contributed by atoms with Crippen molar-refractivity contribution in [1.29, 1.82) is 0 Å². The van der Waals surface area contributed by atoms with E-state index in [0.29, 0.717) is 5.92 Å². The Hall–Kier alpha value is -0.350. The normalized spacial score (nSPS) is 13.7. The van der Waals surface area contributed by atoms with E-state index in [1.165, 1.54) is 11.5 Å². The molecule has 17 heavy (non-hydrogen) atoms. The molecule has 1 rings (SSSR count). The van der Waals surface area contributed by atoms with Gasteiger partial charge in [0.15, 0.2) is 0 Å². The molecule has 0 spiro atoms. The predicted molar refractivity (Wildman–Crippen MR) is 76.2 cm³/mol. The molecule has 0 saturated carbocycles. The highest BCUT2D eigenvalue weighted by Crippen LogP contribution is 2.22. The Morgan fingerprint density at radius 2 is 2.12 bits per heavy atom. The summed E-state index contributed by atoms with van der Waals surface area (Å²) in [7, 11) is 0. The van der Waals surface area contributed by atoms with E-state index < -0.39 is 0 Å². The van der Waals surface area contributed by atoms with Crippen LogP contribution in [0.2, 0.25) is 0 Å². The minimum Gasteiger partial charge on any atom is -0.360 e. The minimum atomic E-state index is 0.0313. The largest absolute Gasteiger partial charge is 0.360 e. The lowest BCUT2D eigenvalue weighted by molar-refractivity contribution is 0.554. The Bertz CT molecular complexity index is 333. The maximum atomic E-state index is 5.76. The lowest BCUT2D eigenvalue weighted by Crippen LogP contribution is -2.13. The Kier molecular flexibility index (Phi) is 5.67. The summed E-state index contributed by atoms with van der Waals surface area (Å²) in [5.74, 6) is 2.25. The molecule has 0 aliphatic heterocycles. The van der Waals surface area contributed by atoms with Gasteiger partial charge in [0, 0.05) is 29.4 Å². The summed E-state index contributed by atoms with van der Waals surface area (Å²) in [6.07, 6.45) is 2.28. The number of rotatable bonds is 6. The summed E-state index contributed by atoms with van der Waals surface area (Å²) < 4.78 is 4.36. The van der Waals surface area contributed by atoms with Crippen molar-refractivity contribution in [3.8, 4) is 0 Å². The molecule has 5 heteroatoms. The highest BCUT2D eigenvalue weighted by atomic mass is 35.5. The van der Waals surface area contributed by atoms with E-state index in [1.807, 2.05) is 0 Å². The van der Waals surface area contributed by atoms with Crippen molar-refractivity contribution in [3.05, 3.63) is 5.82 Å². The first-order valence-corrected chi connectivity index (χ1v) is 7.38. The topological polar surface area (TPSA) is 37.8 Å². The van der Waals surface area contributed by atoms with Crippen LogP contribution in [0.15, 0.2) is 0 Å². The summed E-state index contributed by atoms with van der Waals surface area (Å²) in [5.41, 5.74) is 0.0313. The Morgan fingerprint density at radius 1 is 1.41 bits per heavy atom. The van der Waals surface area contributed by atoms with Gasteiger partial charge in [0.25, 0.3) is 0 Å². The van der Waals surface area contributed by atoms with Crippen LogP contribution in [0.3, 0.4) is 0 Å². The molecule has 0 aliphatic carbocycles. The first-order chi connectivity index (χ1) is 7.93. The maximum absolute atomic E-state index is 5.76. The van der Waals surface area contributed by atoms with Crippen molar-refractivity contribution < 1.29 is 0 Å². The van der Waals surface area contributed by atoms with Crippen LogP contribution >= 0.6 is 23.1 Å². The summed E-state index contributed by atoms with van der Waals surface area (Å²) in [5, 5.41) is 4.24. The zero-order chi connectivity index (χ0) is 12.9. The van der Waals surface area contributed by atoms with Gasteiger partial charge in [0.1, 0.15) is 5.82 Å². The van der Waals surface area contributed by atoms with Gasteiger partial charge in [-0.05, 0) is 18.8 Å². The number of aromatic nitrogens is 2. The van der Waals surface area contributed by atoms with Crippen LogP contribution in [0.5, 0.6) is 0 Å². The predicted octanol–water partition coefficient (Wildman–Crippen LogP) is 3.90. The van der Waals surface area contributed by atoms with Gasteiger partial charge >= 0.3 is 0 Å². The fraction of sp³-hybridized carbons (Fsp3) is 0.833. The van der Waals surface area contributed by atoms with E-state index >= 15 is 0 Å². The molecule has 0 radical (unpaired) electrons. The molecule has 1 atom stereocenters. The van der Waals surface area contributed by atoms with Crippen LogP contribution in [0, 0.1) is 5.92 Å². The lowest BCUT2D eigenvalue weighted by Gasteiger charge is -2.12. The van der Waals surface area contributed by atoms with Gasteiger partial charge in [0.05, 0.1) is 0 Å². The summed E-state index contributed by atoms with van der Waals surface area (Å²) in [4.78, 5) is 4.49. The lowest BCUT2D eigenvalue weighted by atomic mass is 9.96. The number of alkyl halides is 1. The second kappa shape index (κ2) is 6.55. The molecule has 0 aromatic carbocycles.